The predicted octanol–water partition coefficient (Wildman–Crippen LogP) is 2.68. The van der Waals surface area contributed by atoms with Gasteiger partial charge in [-0.15, -0.1) is 0 Å². The normalized spacial score (nSPS) is 19.0. The van der Waals surface area contributed by atoms with Crippen molar-refractivity contribution in [2.24, 2.45) is 0 Å². The number of anilines is 1. The summed E-state index contributed by atoms with van der Waals surface area (Å²) in [5.41, 5.74) is 2.16. The molecular weight excluding hydrogens is 274 g/mol. The molecule has 3 rings (SSSR count). The molecule has 0 aliphatic carbocycles. The van der Waals surface area contributed by atoms with Crippen molar-refractivity contribution in [3.63, 3.8) is 0 Å². The van der Waals surface area contributed by atoms with Gasteiger partial charge in [0.2, 0.25) is 0 Å². The van der Waals surface area contributed by atoms with Gasteiger partial charge in [-0.05, 0) is 38.6 Å². The van der Waals surface area contributed by atoms with E-state index in [1.807, 2.05) is 30.6 Å². The standard InChI is InChI=1S/C17H23N5/c1-22-11-5-3-7-16(22)15-12-18-13-17(21-15)20-10-8-14-6-2-4-9-19-14/h2,4,6,9,12-13,16H,3,5,7-8,10-11H2,1H3,(H,20,21)/t16-/m1/s1. The molecule has 0 aromatic carbocycles. The number of rotatable bonds is 5. The summed E-state index contributed by atoms with van der Waals surface area (Å²) in [6, 6.07) is 6.40. The fourth-order valence-corrected chi connectivity index (χ4v) is 2.94. The number of nitrogens with zero attached hydrogens (tertiary/aromatic N) is 4. The molecule has 3 heterocycles. The Bertz CT molecular complexity index is 587. The Labute approximate surface area is 131 Å². The molecule has 0 saturated carbocycles. The van der Waals surface area contributed by atoms with Gasteiger partial charge in [0.25, 0.3) is 0 Å². The van der Waals surface area contributed by atoms with Crippen molar-refractivity contribution < 1.29 is 0 Å². The van der Waals surface area contributed by atoms with Crippen LogP contribution in [-0.4, -0.2) is 40.0 Å². The molecule has 1 N–H and O–H groups in total. The van der Waals surface area contributed by atoms with Gasteiger partial charge in [-0.2, -0.15) is 0 Å². The molecule has 1 saturated heterocycles. The largest absolute Gasteiger partial charge is 0.368 e. The van der Waals surface area contributed by atoms with Gasteiger partial charge in [0.05, 0.1) is 24.1 Å². The summed E-state index contributed by atoms with van der Waals surface area (Å²) >= 11 is 0. The molecule has 5 heteroatoms. The van der Waals surface area contributed by atoms with Crippen molar-refractivity contribution in [2.75, 3.05) is 25.5 Å². The van der Waals surface area contributed by atoms with E-state index in [2.05, 4.69) is 27.2 Å². The van der Waals surface area contributed by atoms with Crippen LogP contribution in [0.5, 0.6) is 0 Å². The van der Waals surface area contributed by atoms with Crippen molar-refractivity contribution in [3.8, 4) is 0 Å². The average Bonchev–Trinajstić information content (AvgIpc) is 2.57. The van der Waals surface area contributed by atoms with Crippen LogP contribution in [0, 0.1) is 0 Å². The minimum absolute atomic E-state index is 0.402. The molecule has 0 spiro atoms. The van der Waals surface area contributed by atoms with Crippen molar-refractivity contribution in [2.45, 2.75) is 31.7 Å². The summed E-state index contributed by atoms with van der Waals surface area (Å²) in [4.78, 5) is 15.8. The van der Waals surface area contributed by atoms with Crippen molar-refractivity contribution in [1.82, 2.24) is 19.9 Å². The molecule has 116 valence electrons. The van der Waals surface area contributed by atoms with Gasteiger partial charge < -0.3 is 5.32 Å². The number of hydrogen-bond donors (Lipinski definition) is 1. The second-order valence-corrected chi connectivity index (χ2v) is 5.82. The molecule has 1 fully saturated rings. The highest BCUT2D eigenvalue weighted by Gasteiger charge is 2.22. The Morgan fingerprint density at radius 1 is 1.27 bits per heavy atom. The molecule has 1 aliphatic rings. The minimum atomic E-state index is 0.402. The highest BCUT2D eigenvalue weighted by Crippen LogP contribution is 2.28. The van der Waals surface area contributed by atoms with E-state index in [0.29, 0.717) is 6.04 Å². The molecule has 0 radical (unpaired) electrons. The molecule has 22 heavy (non-hydrogen) atoms. The Morgan fingerprint density at radius 3 is 3.05 bits per heavy atom. The van der Waals surface area contributed by atoms with Crippen LogP contribution in [0.1, 0.15) is 36.7 Å². The quantitative estimate of drug-likeness (QED) is 0.919. The minimum Gasteiger partial charge on any atom is -0.368 e. The van der Waals surface area contributed by atoms with E-state index in [0.717, 1.165) is 36.7 Å². The number of hydrogen-bond acceptors (Lipinski definition) is 5. The van der Waals surface area contributed by atoms with E-state index in [1.54, 1.807) is 6.20 Å². The van der Waals surface area contributed by atoms with Crippen LogP contribution < -0.4 is 5.32 Å². The Morgan fingerprint density at radius 2 is 2.23 bits per heavy atom. The second kappa shape index (κ2) is 7.31. The van der Waals surface area contributed by atoms with Gasteiger partial charge in [0.1, 0.15) is 5.82 Å². The Balaban J connectivity index is 1.59. The lowest BCUT2D eigenvalue weighted by Crippen LogP contribution is -2.30. The van der Waals surface area contributed by atoms with Gasteiger partial charge in [0, 0.05) is 24.9 Å². The van der Waals surface area contributed by atoms with Gasteiger partial charge in [-0.3, -0.25) is 14.9 Å². The first-order valence-electron chi connectivity index (χ1n) is 7.99. The zero-order valence-corrected chi connectivity index (χ0v) is 13.1. The molecule has 1 atom stereocenters. The fourth-order valence-electron chi connectivity index (χ4n) is 2.94. The fraction of sp³-hybridized carbons (Fsp3) is 0.471. The molecule has 2 aromatic rings. The van der Waals surface area contributed by atoms with Crippen molar-refractivity contribution in [3.05, 3.63) is 48.2 Å². The molecule has 0 amide bonds. The summed E-state index contributed by atoms with van der Waals surface area (Å²) < 4.78 is 0. The zero-order chi connectivity index (χ0) is 15.2. The van der Waals surface area contributed by atoms with E-state index >= 15 is 0 Å². The first-order chi connectivity index (χ1) is 10.8. The van der Waals surface area contributed by atoms with Crippen LogP contribution >= 0.6 is 0 Å². The van der Waals surface area contributed by atoms with E-state index in [4.69, 9.17) is 4.98 Å². The summed E-state index contributed by atoms with van der Waals surface area (Å²) in [7, 11) is 2.17. The zero-order valence-electron chi connectivity index (χ0n) is 13.1. The molecule has 5 nitrogen and oxygen atoms in total. The smallest absolute Gasteiger partial charge is 0.144 e. The summed E-state index contributed by atoms with van der Waals surface area (Å²) in [5.74, 6) is 0.854. The molecule has 2 aromatic heterocycles. The molecule has 0 bridgehead atoms. The summed E-state index contributed by atoms with van der Waals surface area (Å²) in [6.45, 7) is 1.96. The third kappa shape index (κ3) is 3.80. The van der Waals surface area contributed by atoms with Gasteiger partial charge >= 0.3 is 0 Å². The third-order valence-corrected chi connectivity index (χ3v) is 4.18. The number of nitrogens with one attached hydrogen (secondary N) is 1. The third-order valence-electron chi connectivity index (χ3n) is 4.18. The van der Waals surface area contributed by atoms with Crippen LogP contribution in [0.3, 0.4) is 0 Å². The highest BCUT2D eigenvalue weighted by atomic mass is 15.2. The first-order valence-corrected chi connectivity index (χ1v) is 7.99. The van der Waals surface area contributed by atoms with Crippen molar-refractivity contribution in [1.29, 1.82) is 0 Å². The number of aromatic nitrogens is 3. The number of pyridine rings is 1. The average molecular weight is 297 g/mol. The molecule has 0 unspecified atom stereocenters. The Hall–Kier alpha value is -2.01. The summed E-state index contributed by atoms with van der Waals surface area (Å²) in [5, 5.41) is 3.36. The van der Waals surface area contributed by atoms with E-state index in [1.165, 1.54) is 19.3 Å². The van der Waals surface area contributed by atoms with Gasteiger partial charge in [-0.1, -0.05) is 12.5 Å². The van der Waals surface area contributed by atoms with Crippen LogP contribution in [0.2, 0.25) is 0 Å². The maximum absolute atomic E-state index is 4.74. The second-order valence-electron chi connectivity index (χ2n) is 5.82. The number of likely N-dealkylation sites (tertiary alicyclic amines) is 1. The SMILES string of the molecule is CN1CCCC[C@@H]1c1cncc(NCCc2ccccn2)n1. The lowest BCUT2D eigenvalue weighted by atomic mass is 10.0. The van der Waals surface area contributed by atoms with Crippen LogP contribution in [0.4, 0.5) is 5.82 Å². The Kier molecular flexibility index (Phi) is 4.96. The van der Waals surface area contributed by atoms with E-state index in [9.17, 15) is 0 Å². The molecule has 1 aliphatic heterocycles. The van der Waals surface area contributed by atoms with Crippen LogP contribution in [0.25, 0.3) is 0 Å². The van der Waals surface area contributed by atoms with Crippen LogP contribution in [-0.2, 0) is 6.42 Å². The van der Waals surface area contributed by atoms with Gasteiger partial charge in [0.15, 0.2) is 0 Å². The van der Waals surface area contributed by atoms with Crippen molar-refractivity contribution >= 4 is 5.82 Å². The first kappa shape index (κ1) is 14.9. The molecular formula is C17H23N5. The lowest BCUT2D eigenvalue weighted by Gasteiger charge is -2.31. The summed E-state index contributed by atoms with van der Waals surface area (Å²) in [6.07, 6.45) is 10.1. The number of piperidine rings is 1. The lowest BCUT2D eigenvalue weighted by molar-refractivity contribution is 0.183. The topological polar surface area (TPSA) is 53.9 Å². The highest BCUT2D eigenvalue weighted by molar-refractivity contribution is 5.32. The predicted molar refractivity (Wildman–Crippen MR) is 87.7 cm³/mol. The van der Waals surface area contributed by atoms with E-state index < -0.39 is 0 Å². The van der Waals surface area contributed by atoms with E-state index in [-0.39, 0.29) is 0 Å². The maximum atomic E-state index is 4.74. The maximum Gasteiger partial charge on any atom is 0.144 e. The van der Waals surface area contributed by atoms with Gasteiger partial charge in [-0.25, -0.2) is 4.98 Å². The van der Waals surface area contributed by atoms with Crippen LogP contribution in [0.15, 0.2) is 36.8 Å². The monoisotopic (exact) mass is 297 g/mol.